The maximum Gasteiger partial charge on any atom is 0.519 e. The van der Waals surface area contributed by atoms with Crippen molar-refractivity contribution < 1.29 is 52.2 Å². The van der Waals surface area contributed by atoms with E-state index in [0.29, 0.717) is 13.6 Å². The summed E-state index contributed by atoms with van der Waals surface area (Å²) in [6.45, 7) is 15.1. The number of hydrogen-bond acceptors (Lipinski definition) is 12. The van der Waals surface area contributed by atoms with E-state index in [2.05, 4.69) is 48.8 Å². The van der Waals surface area contributed by atoms with Gasteiger partial charge in [0.25, 0.3) is 0 Å². The fourth-order valence-electron chi connectivity index (χ4n) is 5.56. The summed E-state index contributed by atoms with van der Waals surface area (Å²) in [5.41, 5.74) is 3.53. The minimum absolute atomic E-state index is 0.0386. The van der Waals surface area contributed by atoms with Gasteiger partial charge in [0.2, 0.25) is 13.6 Å². The van der Waals surface area contributed by atoms with Crippen molar-refractivity contribution in [3.63, 3.8) is 0 Å². The van der Waals surface area contributed by atoms with Gasteiger partial charge in [0, 0.05) is 26.6 Å². The summed E-state index contributed by atoms with van der Waals surface area (Å²) in [6, 6.07) is 4.00. The molecule has 0 saturated carbocycles. The molecule has 272 valence electrons. The van der Waals surface area contributed by atoms with Crippen molar-refractivity contribution in [3.8, 4) is 23.0 Å². The van der Waals surface area contributed by atoms with Crippen molar-refractivity contribution >= 4 is 44.2 Å². The average Bonchev–Trinajstić information content (AvgIpc) is 3.66. The van der Waals surface area contributed by atoms with Crippen LogP contribution in [0, 0.1) is 0 Å². The number of ether oxygens (including phenoxy) is 9. The minimum atomic E-state index is -1.06. The van der Waals surface area contributed by atoms with Gasteiger partial charge in [-0.05, 0) is 91.1 Å². The van der Waals surface area contributed by atoms with E-state index in [1.54, 1.807) is 41.5 Å². The van der Waals surface area contributed by atoms with Crippen LogP contribution in [-0.2, 0) is 36.5 Å². The van der Waals surface area contributed by atoms with Crippen molar-refractivity contribution in [2.75, 3.05) is 40.4 Å². The summed E-state index contributed by atoms with van der Waals surface area (Å²) in [4.78, 5) is 22.0. The molecule has 0 aromatic heterocycles. The van der Waals surface area contributed by atoms with E-state index < -0.39 is 23.5 Å². The molecule has 0 fully saturated rings. The van der Waals surface area contributed by atoms with E-state index in [1.165, 1.54) is 16.7 Å². The highest BCUT2D eigenvalue weighted by Gasteiger charge is 2.33. The molecular weight excluding hydrogens is 770 g/mol. The molecule has 2 aromatic rings. The Morgan fingerprint density at radius 1 is 0.776 bits per heavy atom. The smallest absolute Gasteiger partial charge is 0.454 e. The van der Waals surface area contributed by atoms with E-state index in [-0.39, 0.29) is 12.2 Å². The second-order valence-electron chi connectivity index (χ2n) is 13.6. The molecule has 0 saturated heterocycles. The van der Waals surface area contributed by atoms with Crippen LogP contribution >= 0.6 is 31.9 Å². The molecule has 0 amide bonds. The number of benzene rings is 2. The highest BCUT2D eigenvalue weighted by molar-refractivity contribution is 9.10. The van der Waals surface area contributed by atoms with Crippen LogP contribution in [0.3, 0.4) is 0 Å². The van der Waals surface area contributed by atoms with Gasteiger partial charge >= 0.3 is 12.3 Å². The first-order valence-corrected chi connectivity index (χ1v) is 17.9. The zero-order valence-corrected chi connectivity index (χ0v) is 32.6. The van der Waals surface area contributed by atoms with E-state index >= 15 is 0 Å². The Morgan fingerprint density at radius 3 is 1.65 bits per heavy atom. The number of nitrogens with one attached hydrogen (secondary N) is 1. The van der Waals surface area contributed by atoms with Crippen molar-refractivity contribution in [3.05, 3.63) is 43.3 Å². The maximum atomic E-state index is 11.0. The van der Waals surface area contributed by atoms with Gasteiger partial charge in [0.15, 0.2) is 23.0 Å². The SMILES string of the molecule is CC(C)(C)OC(=O)OC(=O)OC(C)(C)C.CCCC1OCCc2c(Br)cc3c(c21)OCO3.CNCC1OCCc2c(Br)cc3c(c21)OCO3. The van der Waals surface area contributed by atoms with Crippen LogP contribution in [0.5, 0.6) is 23.0 Å². The van der Waals surface area contributed by atoms with Gasteiger partial charge in [0.05, 0.1) is 25.4 Å². The quantitative estimate of drug-likeness (QED) is 0.235. The Kier molecular flexibility index (Phi) is 13.5. The molecule has 4 heterocycles. The van der Waals surface area contributed by atoms with Crippen molar-refractivity contribution in [2.45, 2.75) is 97.6 Å². The van der Waals surface area contributed by atoms with Crippen LogP contribution in [-0.4, -0.2) is 63.9 Å². The Bertz CT molecular complexity index is 1370. The zero-order chi connectivity index (χ0) is 35.9. The summed E-state index contributed by atoms with van der Waals surface area (Å²) in [7, 11) is 1.92. The number of fused-ring (bicyclic) bond motifs is 6. The lowest BCUT2D eigenvalue weighted by Gasteiger charge is -2.27. The number of hydrogen-bond donors (Lipinski definition) is 1. The van der Waals surface area contributed by atoms with Gasteiger partial charge in [-0.25, -0.2) is 9.59 Å². The van der Waals surface area contributed by atoms with Gasteiger partial charge in [-0.15, -0.1) is 0 Å². The molecule has 4 aliphatic rings. The molecule has 49 heavy (non-hydrogen) atoms. The monoisotopic (exact) mass is 815 g/mol. The highest BCUT2D eigenvalue weighted by atomic mass is 79.9. The Balaban J connectivity index is 0.000000166. The summed E-state index contributed by atoms with van der Waals surface area (Å²) in [5, 5.41) is 3.15. The molecular formula is C35H47Br2NO11. The lowest BCUT2D eigenvalue weighted by Crippen LogP contribution is -2.29. The van der Waals surface area contributed by atoms with Crippen LogP contribution in [0.4, 0.5) is 9.59 Å². The lowest BCUT2D eigenvalue weighted by molar-refractivity contribution is -0.0294. The molecule has 2 aromatic carbocycles. The lowest BCUT2D eigenvalue weighted by atomic mass is 9.93. The number of halogens is 2. The molecule has 6 rings (SSSR count). The van der Waals surface area contributed by atoms with Crippen LogP contribution in [0.1, 0.15) is 95.8 Å². The molecule has 12 nitrogen and oxygen atoms in total. The van der Waals surface area contributed by atoms with Crippen molar-refractivity contribution in [1.82, 2.24) is 5.32 Å². The second-order valence-corrected chi connectivity index (χ2v) is 15.3. The van der Waals surface area contributed by atoms with Crippen LogP contribution in [0.15, 0.2) is 21.1 Å². The zero-order valence-electron chi connectivity index (χ0n) is 29.4. The van der Waals surface area contributed by atoms with Gasteiger partial charge < -0.3 is 47.9 Å². The summed E-state index contributed by atoms with van der Waals surface area (Å²) < 4.78 is 49.8. The maximum absolute atomic E-state index is 11.0. The molecule has 0 spiro atoms. The van der Waals surface area contributed by atoms with Crippen molar-refractivity contribution in [1.29, 1.82) is 0 Å². The molecule has 1 N–H and O–H groups in total. The molecule has 0 radical (unpaired) electrons. The highest BCUT2D eigenvalue weighted by Crippen LogP contribution is 2.48. The van der Waals surface area contributed by atoms with Crippen LogP contribution in [0.2, 0.25) is 0 Å². The summed E-state index contributed by atoms with van der Waals surface area (Å²) >= 11 is 7.23. The first-order valence-electron chi connectivity index (χ1n) is 16.3. The Hall–Kier alpha value is -2.78. The molecule has 0 aliphatic carbocycles. The summed E-state index contributed by atoms with van der Waals surface area (Å²) in [5.74, 6) is 3.38. The number of carbonyl (C=O) groups excluding carboxylic acids is 2. The first-order chi connectivity index (χ1) is 23.1. The normalized spacial score (nSPS) is 18.5. The first kappa shape index (κ1) is 39.0. The standard InChI is InChI=1S/C13H15BrO3.C12H14BrNO3.C10H18O5/c1-2-3-10-12-8(4-5-15-10)9(14)6-11-13(12)17-7-16-11;1-14-5-10-11-7(2-3-15-10)8(13)4-9-12(11)17-6-16-9;1-9(2,3)14-7(11)13-8(12)15-10(4,5)6/h6,10H,2-5,7H2,1H3;4,10,14H,2-3,5-6H2,1H3;1-6H3. The molecule has 2 unspecified atom stereocenters. The van der Waals surface area contributed by atoms with E-state index in [9.17, 15) is 9.59 Å². The van der Waals surface area contributed by atoms with E-state index in [4.69, 9.17) is 37.9 Å². The number of rotatable bonds is 4. The molecule has 0 bridgehead atoms. The fourth-order valence-corrected chi connectivity index (χ4v) is 6.80. The topological polar surface area (TPSA) is 129 Å². The third-order valence-electron chi connectivity index (χ3n) is 7.39. The van der Waals surface area contributed by atoms with Crippen LogP contribution < -0.4 is 24.3 Å². The largest absolute Gasteiger partial charge is 0.519 e. The second kappa shape index (κ2) is 17.0. The third-order valence-corrected chi connectivity index (χ3v) is 8.80. The number of carbonyl (C=O) groups is 2. The fraction of sp³-hybridized carbons (Fsp3) is 0.600. The average molecular weight is 818 g/mol. The molecule has 2 atom stereocenters. The summed E-state index contributed by atoms with van der Waals surface area (Å²) in [6.07, 6.45) is 2.05. The van der Waals surface area contributed by atoms with Crippen molar-refractivity contribution in [2.24, 2.45) is 0 Å². The third kappa shape index (κ3) is 10.6. The molecule has 14 heteroatoms. The Morgan fingerprint density at radius 2 is 1.22 bits per heavy atom. The van der Waals surface area contributed by atoms with E-state index in [1.807, 2.05) is 19.2 Å². The minimum Gasteiger partial charge on any atom is -0.454 e. The van der Waals surface area contributed by atoms with Gasteiger partial charge in [-0.2, -0.15) is 0 Å². The van der Waals surface area contributed by atoms with Crippen LogP contribution in [0.25, 0.3) is 0 Å². The van der Waals surface area contributed by atoms with Gasteiger partial charge in [0.1, 0.15) is 11.2 Å². The number of likely N-dealkylation sites (N-methyl/N-ethyl adjacent to an activating group) is 1. The van der Waals surface area contributed by atoms with E-state index in [0.717, 1.165) is 82.9 Å². The predicted octanol–water partition coefficient (Wildman–Crippen LogP) is 8.48. The Labute approximate surface area is 305 Å². The predicted molar refractivity (Wildman–Crippen MR) is 188 cm³/mol. The van der Waals surface area contributed by atoms with Gasteiger partial charge in [-0.1, -0.05) is 45.2 Å². The van der Waals surface area contributed by atoms with Gasteiger partial charge in [-0.3, -0.25) is 0 Å². The molecule has 4 aliphatic heterocycles.